The van der Waals surface area contributed by atoms with Gasteiger partial charge < -0.3 is 10.6 Å². The number of piperidine rings is 1. The van der Waals surface area contributed by atoms with E-state index in [9.17, 15) is 4.79 Å². The lowest BCUT2D eigenvalue weighted by atomic mass is 9.93. The molecule has 1 amide bonds. The number of nitrogens with two attached hydrogens (primary N) is 1. The van der Waals surface area contributed by atoms with Crippen molar-refractivity contribution in [2.75, 3.05) is 18.0 Å². The van der Waals surface area contributed by atoms with Crippen molar-refractivity contribution in [3.63, 3.8) is 0 Å². The first-order valence-electron chi connectivity index (χ1n) is 9.43. The molecular weight excluding hydrogens is 312 g/mol. The van der Waals surface area contributed by atoms with Crippen molar-refractivity contribution in [2.45, 2.75) is 51.9 Å². The van der Waals surface area contributed by atoms with Crippen molar-refractivity contribution in [1.82, 2.24) is 9.97 Å². The molecule has 4 rings (SSSR count). The fourth-order valence-electron chi connectivity index (χ4n) is 4.31. The Hall–Kier alpha value is -2.17. The second-order valence-corrected chi connectivity index (χ2v) is 7.56. The van der Waals surface area contributed by atoms with Crippen molar-refractivity contribution in [1.29, 1.82) is 0 Å². The third-order valence-electron chi connectivity index (χ3n) is 5.69. The molecule has 2 aliphatic rings. The molecule has 132 valence electrons. The average molecular weight is 338 g/mol. The van der Waals surface area contributed by atoms with Gasteiger partial charge in [0.05, 0.1) is 11.2 Å². The summed E-state index contributed by atoms with van der Waals surface area (Å²) < 4.78 is 0. The highest BCUT2D eigenvalue weighted by Gasteiger charge is 2.23. The van der Waals surface area contributed by atoms with E-state index >= 15 is 0 Å². The van der Waals surface area contributed by atoms with Crippen LogP contribution in [-0.2, 0) is 17.6 Å². The smallest absolute Gasteiger partial charge is 0.226 e. The van der Waals surface area contributed by atoms with Crippen LogP contribution in [0, 0.1) is 12.8 Å². The molecule has 1 fully saturated rings. The Balaban J connectivity index is 1.60. The molecular formula is C20H26N4O. The quantitative estimate of drug-likeness (QED) is 0.930. The maximum atomic E-state index is 11.1. The monoisotopic (exact) mass is 338 g/mol. The van der Waals surface area contributed by atoms with Crippen LogP contribution < -0.4 is 10.6 Å². The second kappa shape index (κ2) is 6.62. The van der Waals surface area contributed by atoms with Crippen molar-refractivity contribution in [3.8, 4) is 0 Å². The highest BCUT2D eigenvalue weighted by Crippen LogP contribution is 2.30. The van der Waals surface area contributed by atoms with Gasteiger partial charge in [0.1, 0.15) is 0 Å². The fourth-order valence-corrected chi connectivity index (χ4v) is 4.31. The Morgan fingerprint density at radius 3 is 2.84 bits per heavy atom. The summed E-state index contributed by atoms with van der Waals surface area (Å²) in [4.78, 5) is 23.0. The number of aromatic nitrogens is 2. The third-order valence-corrected chi connectivity index (χ3v) is 5.69. The van der Waals surface area contributed by atoms with Gasteiger partial charge in [-0.2, -0.15) is 0 Å². The van der Waals surface area contributed by atoms with E-state index in [1.165, 1.54) is 35.8 Å². The Morgan fingerprint density at radius 1 is 1.24 bits per heavy atom. The van der Waals surface area contributed by atoms with E-state index in [0.717, 1.165) is 49.5 Å². The minimum Gasteiger partial charge on any atom is -0.370 e. The molecule has 25 heavy (non-hydrogen) atoms. The predicted molar refractivity (Wildman–Crippen MR) is 99.7 cm³/mol. The van der Waals surface area contributed by atoms with Gasteiger partial charge in [0.25, 0.3) is 0 Å². The molecule has 1 aromatic heterocycles. The summed E-state index contributed by atoms with van der Waals surface area (Å²) in [7, 11) is 0. The number of benzene rings is 1. The zero-order valence-electron chi connectivity index (χ0n) is 14.9. The number of carbonyl (C=O) groups excluding carboxylic acids is 1. The largest absolute Gasteiger partial charge is 0.370 e. The van der Waals surface area contributed by atoms with Crippen LogP contribution in [0.25, 0.3) is 10.9 Å². The van der Waals surface area contributed by atoms with E-state index in [4.69, 9.17) is 15.7 Å². The van der Waals surface area contributed by atoms with Crippen LogP contribution in [-0.4, -0.2) is 29.0 Å². The molecule has 2 aromatic rings. The molecule has 1 saturated heterocycles. The number of aryl methyl sites for hydroxylation is 3. The molecule has 2 N–H and O–H groups in total. The first-order valence-corrected chi connectivity index (χ1v) is 9.43. The van der Waals surface area contributed by atoms with Gasteiger partial charge in [0, 0.05) is 24.9 Å². The van der Waals surface area contributed by atoms with Crippen LogP contribution in [0.4, 0.5) is 5.95 Å². The summed E-state index contributed by atoms with van der Waals surface area (Å²) in [6.45, 7) is 4.00. The molecule has 1 aliphatic carbocycles. The van der Waals surface area contributed by atoms with Gasteiger partial charge in [0.15, 0.2) is 0 Å². The molecule has 1 atom stereocenters. The van der Waals surface area contributed by atoms with Crippen molar-refractivity contribution in [2.24, 2.45) is 11.7 Å². The average Bonchev–Trinajstić information content (AvgIpc) is 3.06. The number of anilines is 1. The van der Waals surface area contributed by atoms with Crippen LogP contribution in [0.1, 0.15) is 48.9 Å². The molecule has 0 bridgehead atoms. The number of primary amides is 1. The molecule has 1 unspecified atom stereocenters. The fraction of sp³-hybridized carbons (Fsp3) is 0.550. The van der Waals surface area contributed by atoms with Crippen LogP contribution in [0.2, 0.25) is 0 Å². The molecule has 1 aliphatic heterocycles. The van der Waals surface area contributed by atoms with Crippen LogP contribution in [0.5, 0.6) is 0 Å². The van der Waals surface area contributed by atoms with E-state index in [-0.39, 0.29) is 5.91 Å². The lowest BCUT2D eigenvalue weighted by Gasteiger charge is -2.33. The van der Waals surface area contributed by atoms with Crippen LogP contribution >= 0.6 is 0 Å². The topological polar surface area (TPSA) is 72.1 Å². The van der Waals surface area contributed by atoms with Crippen molar-refractivity contribution in [3.05, 3.63) is 29.0 Å². The highest BCUT2D eigenvalue weighted by atomic mass is 16.1. The highest BCUT2D eigenvalue weighted by molar-refractivity contribution is 5.84. The van der Waals surface area contributed by atoms with E-state index in [0.29, 0.717) is 12.3 Å². The van der Waals surface area contributed by atoms with Crippen molar-refractivity contribution >= 4 is 22.8 Å². The Morgan fingerprint density at radius 2 is 2.04 bits per heavy atom. The van der Waals surface area contributed by atoms with Gasteiger partial charge in [-0.3, -0.25) is 4.79 Å². The number of rotatable bonds is 4. The summed E-state index contributed by atoms with van der Waals surface area (Å²) in [6, 6.07) is 4.56. The summed E-state index contributed by atoms with van der Waals surface area (Å²) in [5.74, 6) is 1.14. The molecule has 2 heterocycles. The van der Waals surface area contributed by atoms with Crippen LogP contribution in [0.15, 0.2) is 12.1 Å². The summed E-state index contributed by atoms with van der Waals surface area (Å²) in [5.41, 5.74) is 10.4. The summed E-state index contributed by atoms with van der Waals surface area (Å²) >= 11 is 0. The third kappa shape index (κ3) is 3.32. The number of hydrogen-bond acceptors (Lipinski definition) is 4. The normalized spacial score (nSPS) is 20.0. The first kappa shape index (κ1) is 16.3. The zero-order valence-corrected chi connectivity index (χ0v) is 14.9. The Labute approximate surface area is 148 Å². The van der Waals surface area contributed by atoms with Gasteiger partial charge in [-0.05, 0) is 74.6 Å². The van der Waals surface area contributed by atoms with Gasteiger partial charge in [-0.25, -0.2) is 9.97 Å². The standard InChI is InChI=1S/C20H26N4O/c1-13-17-10-15-5-2-6-16(15)11-18(17)23-20(22-13)24-9-3-4-14(12-24)7-8-19(21)25/h10-11,14H,2-9,12H2,1H3,(H2,21,25). The summed E-state index contributed by atoms with van der Waals surface area (Å²) in [5, 5.41) is 1.19. The SMILES string of the molecule is Cc1nc(N2CCCC(CCC(N)=O)C2)nc2cc3c(cc12)CCC3. The lowest BCUT2D eigenvalue weighted by Crippen LogP contribution is -2.37. The second-order valence-electron chi connectivity index (χ2n) is 7.56. The summed E-state index contributed by atoms with van der Waals surface area (Å²) in [6.07, 6.45) is 7.22. The first-order chi connectivity index (χ1) is 12.1. The Bertz CT molecular complexity index is 817. The Kier molecular flexibility index (Phi) is 4.32. The van der Waals surface area contributed by atoms with Gasteiger partial charge in [0.2, 0.25) is 11.9 Å². The number of carbonyl (C=O) groups is 1. The minimum absolute atomic E-state index is 0.205. The van der Waals surface area contributed by atoms with Gasteiger partial charge in [-0.15, -0.1) is 0 Å². The van der Waals surface area contributed by atoms with Crippen LogP contribution in [0.3, 0.4) is 0 Å². The number of fused-ring (bicyclic) bond motifs is 2. The number of amides is 1. The molecule has 1 aromatic carbocycles. The zero-order chi connectivity index (χ0) is 17.4. The molecule has 0 saturated carbocycles. The number of hydrogen-bond donors (Lipinski definition) is 1. The molecule has 0 spiro atoms. The molecule has 5 heteroatoms. The van der Waals surface area contributed by atoms with E-state index < -0.39 is 0 Å². The minimum atomic E-state index is -0.205. The van der Waals surface area contributed by atoms with Gasteiger partial charge in [-0.1, -0.05) is 0 Å². The van der Waals surface area contributed by atoms with E-state index in [1.807, 2.05) is 0 Å². The van der Waals surface area contributed by atoms with Gasteiger partial charge >= 0.3 is 0 Å². The maximum absolute atomic E-state index is 11.1. The van der Waals surface area contributed by atoms with E-state index in [2.05, 4.69) is 24.0 Å². The number of nitrogens with zero attached hydrogens (tertiary/aromatic N) is 3. The van der Waals surface area contributed by atoms with Crippen molar-refractivity contribution < 1.29 is 4.79 Å². The van der Waals surface area contributed by atoms with E-state index in [1.54, 1.807) is 0 Å². The predicted octanol–water partition coefficient (Wildman–Crippen LogP) is 2.91. The maximum Gasteiger partial charge on any atom is 0.226 e. The molecule has 5 nitrogen and oxygen atoms in total. The lowest BCUT2D eigenvalue weighted by molar-refractivity contribution is -0.118. The molecule has 0 radical (unpaired) electrons.